The lowest BCUT2D eigenvalue weighted by atomic mass is 10.1. The molecule has 0 heterocycles. The summed E-state index contributed by atoms with van der Waals surface area (Å²) in [6, 6.07) is 10.4. The maximum Gasteiger partial charge on any atom is 0.416 e. The number of nitrogens with zero attached hydrogens (tertiary/aromatic N) is 2. The lowest BCUT2D eigenvalue weighted by molar-refractivity contribution is -0.140. The van der Waals surface area contributed by atoms with Gasteiger partial charge in [-0.2, -0.15) is 13.2 Å². The number of hydrogen-bond acceptors (Lipinski definition) is 4. The molecule has 2 aromatic carbocycles. The Kier molecular flexibility index (Phi) is 10.6. The number of rotatable bonds is 11. The van der Waals surface area contributed by atoms with E-state index in [-0.39, 0.29) is 49.5 Å². The number of halogens is 4. The third-order valence-electron chi connectivity index (χ3n) is 5.45. The van der Waals surface area contributed by atoms with Crippen LogP contribution in [0.3, 0.4) is 0 Å². The third kappa shape index (κ3) is 9.33. The Morgan fingerprint density at radius 3 is 2.27 bits per heavy atom. The highest BCUT2D eigenvalue weighted by Crippen LogP contribution is 2.32. The third-order valence-corrected chi connectivity index (χ3v) is 7.14. The van der Waals surface area contributed by atoms with Gasteiger partial charge in [0.1, 0.15) is 6.04 Å². The van der Waals surface area contributed by atoms with Gasteiger partial charge in [-0.05, 0) is 63.1 Å². The fourth-order valence-electron chi connectivity index (χ4n) is 3.66. The van der Waals surface area contributed by atoms with Crippen LogP contribution in [0.2, 0.25) is 0 Å². The van der Waals surface area contributed by atoms with Gasteiger partial charge < -0.3 is 10.2 Å². The van der Waals surface area contributed by atoms with E-state index in [2.05, 4.69) is 21.2 Å². The SMILES string of the molecule is CC(C)NC(=O)[C@H](C)N(Cc1cccc(Br)c1)C(=O)CCCN(c1cccc(C(F)(F)F)c1)S(C)(=O)=O. The van der Waals surface area contributed by atoms with Gasteiger partial charge in [0.25, 0.3) is 0 Å². The van der Waals surface area contributed by atoms with Crippen LogP contribution in [0, 0.1) is 0 Å². The van der Waals surface area contributed by atoms with Gasteiger partial charge in [0, 0.05) is 30.0 Å². The van der Waals surface area contributed by atoms with Gasteiger partial charge in [-0.3, -0.25) is 13.9 Å². The summed E-state index contributed by atoms with van der Waals surface area (Å²) in [7, 11) is -3.92. The van der Waals surface area contributed by atoms with Crippen LogP contribution < -0.4 is 9.62 Å². The molecule has 0 fully saturated rings. The molecule has 0 spiro atoms. The largest absolute Gasteiger partial charge is 0.416 e. The Labute approximate surface area is 224 Å². The Morgan fingerprint density at radius 1 is 1.05 bits per heavy atom. The van der Waals surface area contributed by atoms with E-state index in [4.69, 9.17) is 0 Å². The number of carbonyl (C=O) groups excluding carboxylic acids is 2. The van der Waals surface area contributed by atoms with Gasteiger partial charge in [-0.25, -0.2) is 8.42 Å². The molecule has 2 amide bonds. The number of carbonyl (C=O) groups is 2. The maximum atomic E-state index is 13.2. The summed E-state index contributed by atoms with van der Waals surface area (Å²) in [5.41, 5.74) is -0.325. The highest BCUT2D eigenvalue weighted by Gasteiger charge is 2.32. The highest BCUT2D eigenvalue weighted by molar-refractivity contribution is 9.10. The highest BCUT2D eigenvalue weighted by atomic mass is 79.9. The zero-order valence-corrected chi connectivity index (χ0v) is 23.5. The zero-order valence-electron chi connectivity index (χ0n) is 21.0. The number of anilines is 1. The average Bonchev–Trinajstić information content (AvgIpc) is 2.78. The van der Waals surface area contributed by atoms with Gasteiger partial charge in [-0.15, -0.1) is 0 Å². The van der Waals surface area contributed by atoms with Crippen molar-refractivity contribution in [3.05, 3.63) is 64.1 Å². The normalized spacial score (nSPS) is 12.8. The Bertz CT molecular complexity index is 1210. The molecule has 0 unspecified atom stereocenters. The van der Waals surface area contributed by atoms with Crippen LogP contribution in [0.5, 0.6) is 0 Å². The zero-order chi connectivity index (χ0) is 28.0. The standard InChI is InChI=1S/C25H31BrF3N3O4S/c1-17(2)30-24(34)18(3)31(16-19-8-5-10-21(26)14-19)23(33)12-7-13-32(37(4,35)36)22-11-6-9-20(15-22)25(27,28)29/h5-6,8-11,14-15,17-18H,7,12-13,16H2,1-4H3,(H,30,34)/t18-/m0/s1. The van der Waals surface area contributed by atoms with E-state index >= 15 is 0 Å². The number of alkyl halides is 3. The summed E-state index contributed by atoms with van der Waals surface area (Å²) in [6.07, 6.45) is -3.81. The second kappa shape index (κ2) is 12.8. The van der Waals surface area contributed by atoms with Crippen molar-refractivity contribution in [2.75, 3.05) is 17.1 Å². The van der Waals surface area contributed by atoms with Crippen molar-refractivity contribution in [1.29, 1.82) is 0 Å². The molecule has 0 saturated heterocycles. The summed E-state index contributed by atoms with van der Waals surface area (Å²) in [5.74, 6) is -0.719. The molecule has 1 atom stereocenters. The van der Waals surface area contributed by atoms with Gasteiger partial charge in [0.05, 0.1) is 17.5 Å². The molecule has 37 heavy (non-hydrogen) atoms. The van der Waals surface area contributed by atoms with E-state index in [1.807, 2.05) is 18.2 Å². The van der Waals surface area contributed by atoms with Crippen LogP contribution in [0.15, 0.2) is 53.0 Å². The fourth-order valence-corrected chi connectivity index (χ4v) is 5.06. The molecular weight excluding hydrogens is 575 g/mol. The molecule has 7 nitrogen and oxygen atoms in total. The van der Waals surface area contributed by atoms with Crippen molar-refractivity contribution in [2.45, 2.75) is 58.4 Å². The monoisotopic (exact) mass is 605 g/mol. The average molecular weight is 607 g/mol. The van der Waals surface area contributed by atoms with E-state index in [0.29, 0.717) is 0 Å². The van der Waals surface area contributed by atoms with Crippen LogP contribution >= 0.6 is 15.9 Å². The number of amides is 2. The number of sulfonamides is 1. The molecule has 0 saturated carbocycles. The number of hydrogen-bond donors (Lipinski definition) is 1. The molecule has 0 bridgehead atoms. The first-order valence-electron chi connectivity index (χ1n) is 11.6. The van der Waals surface area contributed by atoms with Crippen LogP contribution in [-0.2, 0) is 32.3 Å². The topological polar surface area (TPSA) is 86.8 Å². The Balaban J connectivity index is 2.22. The molecule has 2 rings (SSSR count). The molecule has 0 aromatic heterocycles. The summed E-state index contributed by atoms with van der Waals surface area (Å²) >= 11 is 3.39. The van der Waals surface area contributed by atoms with Crippen LogP contribution in [-0.4, -0.2) is 50.0 Å². The summed E-state index contributed by atoms with van der Waals surface area (Å²) < 4.78 is 65.8. The summed E-state index contributed by atoms with van der Waals surface area (Å²) in [5, 5.41) is 2.79. The predicted molar refractivity (Wildman–Crippen MR) is 140 cm³/mol. The van der Waals surface area contributed by atoms with Crippen molar-refractivity contribution in [1.82, 2.24) is 10.2 Å². The molecule has 0 aliphatic heterocycles. The summed E-state index contributed by atoms with van der Waals surface area (Å²) in [4.78, 5) is 27.3. The predicted octanol–water partition coefficient (Wildman–Crippen LogP) is 4.96. The maximum absolute atomic E-state index is 13.2. The molecule has 12 heteroatoms. The minimum atomic E-state index is -4.63. The van der Waals surface area contributed by atoms with Gasteiger partial charge in [0.2, 0.25) is 21.8 Å². The van der Waals surface area contributed by atoms with Crippen molar-refractivity contribution < 1.29 is 31.2 Å². The van der Waals surface area contributed by atoms with Crippen LogP contribution in [0.1, 0.15) is 44.7 Å². The van der Waals surface area contributed by atoms with Gasteiger partial charge in [0.15, 0.2) is 0 Å². The molecule has 0 aliphatic rings. The van der Waals surface area contributed by atoms with Crippen molar-refractivity contribution in [3.63, 3.8) is 0 Å². The van der Waals surface area contributed by atoms with E-state index in [1.165, 1.54) is 11.0 Å². The van der Waals surface area contributed by atoms with Crippen LogP contribution in [0.4, 0.5) is 18.9 Å². The Morgan fingerprint density at radius 2 is 1.70 bits per heavy atom. The van der Waals surface area contributed by atoms with E-state index < -0.39 is 27.8 Å². The molecule has 2 aromatic rings. The van der Waals surface area contributed by atoms with Gasteiger partial charge in [-0.1, -0.05) is 34.1 Å². The first-order valence-corrected chi connectivity index (χ1v) is 14.2. The first-order chi connectivity index (χ1) is 17.1. The molecule has 0 aliphatic carbocycles. The van der Waals surface area contributed by atoms with Crippen molar-refractivity contribution >= 4 is 43.5 Å². The molecule has 1 N–H and O–H groups in total. The second-order valence-electron chi connectivity index (χ2n) is 8.98. The number of benzene rings is 2. The fraction of sp³-hybridized carbons (Fsp3) is 0.440. The van der Waals surface area contributed by atoms with E-state index in [0.717, 1.165) is 38.8 Å². The molecule has 0 radical (unpaired) electrons. The van der Waals surface area contributed by atoms with E-state index in [1.54, 1.807) is 26.8 Å². The quantitative estimate of drug-likeness (QED) is 0.392. The smallest absolute Gasteiger partial charge is 0.352 e. The molecular formula is C25H31BrF3N3O4S. The second-order valence-corrected chi connectivity index (χ2v) is 11.8. The van der Waals surface area contributed by atoms with Crippen LogP contribution in [0.25, 0.3) is 0 Å². The minimum absolute atomic E-state index is 0.0374. The first kappa shape index (κ1) is 30.6. The van der Waals surface area contributed by atoms with Crippen molar-refractivity contribution in [3.8, 4) is 0 Å². The molecule has 204 valence electrons. The van der Waals surface area contributed by atoms with Gasteiger partial charge >= 0.3 is 6.18 Å². The Hall–Kier alpha value is -2.60. The minimum Gasteiger partial charge on any atom is -0.352 e. The van der Waals surface area contributed by atoms with E-state index in [9.17, 15) is 31.2 Å². The lowest BCUT2D eigenvalue weighted by Gasteiger charge is -2.30. The van der Waals surface area contributed by atoms with Crippen molar-refractivity contribution in [2.24, 2.45) is 0 Å². The summed E-state index contributed by atoms with van der Waals surface area (Å²) in [6.45, 7) is 5.16. The number of nitrogens with one attached hydrogen (secondary N) is 1. The lowest BCUT2D eigenvalue weighted by Crippen LogP contribution is -2.49.